The van der Waals surface area contributed by atoms with Crippen molar-refractivity contribution in [2.75, 3.05) is 0 Å². The summed E-state index contributed by atoms with van der Waals surface area (Å²) >= 11 is 0. The van der Waals surface area contributed by atoms with Gasteiger partial charge in [0.05, 0.1) is 18.4 Å². The first-order valence-electron chi connectivity index (χ1n) is 21.6. The molecule has 1 aromatic heterocycles. The zero-order valence-electron chi connectivity index (χ0n) is 36.4. The van der Waals surface area contributed by atoms with Crippen LogP contribution in [0.2, 0.25) is 36.3 Å². The number of oxazole rings is 1. The monoisotopic (exact) mass is 766 g/mol. The van der Waals surface area contributed by atoms with Crippen LogP contribution in [0.1, 0.15) is 157 Å². The van der Waals surface area contributed by atoms with Crippen LogP contribution in [-0.2, 0) is 20.9 Å². The fourth-order valence-corrected chi connectivity index (χ4v) is 12.4. The van der Waals surface area contributed by atoms with Crippen molar-refractivity contribution in [3.05, 3.63) is 53.3 Å². The molecule has 4 saturated carbocycles. The lowest BCUT2D eigenvalue weighted by Gasteiger charge is -2.50. The Morgan fingerprint density at radius 3 is 2.32 bits per heavy atom. The highest BCUT2D eigenvalue weighted by atomic mass is 28.4. The highest BCUT2D eigenvalue weighted by Crippen LogP contribution is 2.60. The Bertz CT molecular complexity index is 1490. The third-order valence-electron chi connectivity index (χ3n) is 15.3. The summed E-state index contributed by atoms with van der Waals surface area (Å²) in [5.41, 5.74) is 3.54. The number of allylic oxidation sites excluding steroid dienone is 3. The first-order chi connectivity index (χ1) is 24.5. The number of unbranched alkanes of at least 4 members (excludes halogenated alkanes) is 1. The summed E-state index contributed by atoms with van der Waals surface area (Å²) in [6.45, 7) is 35.5. The lowest BCUT2D eigenvalue weighted by Crippen LogP contribution is -2.53. The quantitative estimate of drug-likeness (QED) is 0.191. The van der Waals surface area contributed by atoms with Crippen molar-refractivity contribution in [1.82, 2.24) is 4.98 Å². The summed E-state index contributed by atoms with van der Waals surface area (Å²) in [7, 11) is -4.46. The SMILES string of the molecule is C=C1/C(=C\C=C2/CCC[C@]3(C)[C@@H]([C@H](C)CC[C@@H](O)C4CC4)CC[C@@H]23)C[C@](O[Si](C)(C)C(C)(C)C)(c2ncc(CCCC)o2)C[C@@H]1O[Si](C)(C)C(C)(C)C. The molecule has 1 aromatic rings. The van der Waals surface area contributed by atoms with Crippen LogP contribution in [-0.4, -0.2) is 38.9 Å². The Morgan fingerprint density at radius 2 is 1.70 bits per heavy atom. The van der Waals surface area contributed by atoms with Gasteiger partial charge in [0.2, 0.25) is 5.89 Å². The zero-order valence-corrected chi connectivity index (χ0v) is 38.4. The summed E-state index contributed by atoms with van der Waals surface area (Å²) in [4.78, 5) is 5.03. The van der Waals surface area contributed by atoms with E-state index < -0.39 is 22.2 Å². The van der Waals surface area contributed by atoms with Crippen LogP contribution in [0.4, 0.5) is 0 Å². The lowest BCUT2D eigenvalue weighted by molar-refractivity contribution is -0.0234. The molecular formula is C46H79NO4Si2. The van der Waals surface area contributed by atoms with Crippen LogP contribution in [0.25, 0.3) is 0 Å². The molecule has 7 heteroatoms. The minimum Gasteiger partial charge on any atom is -0.443 e. The van der Waals surface area contributed by atoms with E-state index in [9.17, 15) is 5.11 Å². The second-order valence-corrected chi connectivity index (χ2v) is 30.8. The predicted octanol–water partition coefficient (Wildman–Crippen LogP) is 13.2. The van der Waals surface area contributed by atoms with Crippen molar-refractivity contribution >= 4 is 16.6 Å². The lowest BCUT2D eigenvalue weighted by atomic mass is 9.60. The zero-order chi connectivity index (χ0) is 39.2. The maximum atomic E-state index is 10.7. The van der Waals surface area contributed by atoms with Crippen molar-refractivity contribution < 1.29 is 18.4 Å². The van der Waals surface area contributed by atoms with Gasteiger partial charge in [-0.25, -0.2) is 4.98 Å². The molecule has 0 amide bonds. The predicted molar refractivity (Wildman–Crippen MR) is 227 cm³/mol. The molecule has 5 rings (SSSR count). The molecule has 0 saturated heterocycles. The molecule has 0 radical (unpaired) electrons. The summed E-state index contributed by atoms with van der Waals surface area (Å²) < 4.78 is 21.7. The Morgan fingerprint density at radius 1 is 1.02 bits per heavy atom. The normalized spacial score (nSPS) is 31.7. The van der Waals surface area contributed by atoms with Crippen molar-refractivity contribution in [3.8, 4) is 0 Å². The van der Waals surface area contributed by atoms with Gasteiger partial charge in [0.25, 0.3) is 0 Å². The first kappa shape index (κ1) is 42.9. The Kier molecular flexibility index (Phi) is 12.9. The van der Waals surface area contributed by atoms with Crippen LogP contribution in [0, 0.1) is 29.1 Å². The van der Waals surface area contributed by atoms with Gasteiger partial charge in [-0.2, -0.15) is 0 Å². The minimum atomic E-state index is -2.29. The number of aryl methyl sites for hydroxylation is 1. The maximum Gasteiger partial charge on any atom is 0.225 e. The van der Waals surface area contributed by atoms with Gasteiger partial charge < -0.3 is 18.4 Å². The Balaban J connectivity index is 1.52. The summed E-state index contributed by atoms with van der Waals surface area (Å²) in [6.07, 6.45) is 22.0. The molecule has 7 atom stereocenters. The van der Waals surface area contributed by atoms with E-state index in [1.165, 1.54) is 50.5 Å². The Labute approximate surface area is 327 Å². The smallest absolute Gasteiger partial charge is 0.225 e. The van der Waals surface area contributed by atoms with Crippen LogP contribution in [0.3, 0.4) is 0 Å². The van der Waals surface area contributed by atoms with Crippen LogP contribution in [0.15, 0.2) is 46.1 Å². The average molecular weight is 766 g/mol. The molecule has 0 spiro atoms. The molecule has 4 aliphatic rings. The second kappa shape index (κ2) is 15.9. The standard InChI is InChI=1S/C46H79NO4Si2/c1-15-16-19-37-31-47-42(49-37)46(51-53(13,14)44(7,8)9)29-36(33(3)41(30-46)50-52(11,12)43(4,5)6)24-21-34-18-17-28-45(10)38(25-26-39(34)45)32(2)20-27-40(48)35-22-23-35/h21,24,31-32,35,38-41,48H,3,15-20,22-23,25-30H2,1-2,4-14H3/b34-21+,36-24-/t32-,38-,39+,40-,41+,45-,46-/m1/s1. The first-order valence-corrected chi connectivity index (χ1v) is 27.5. The van der Waals surface area contributed by atoms with E-state index in [0.717, 1.165) is 49.4 Å². The summed E-state index contributed by atoms with van der Waals surface area (Å²) in [5.74, 6) is 4.23. The number of aliphatic hydroxyl groups is 1. The van der Waals surface area contributed by atoms with E-state index in [2.05, 4.69) is 101 Å². The van der Waals surface area contributed by atoms with Gasteiger partial charge in [-0.1, -0.05) is 93.0 Å². The molecule has 53 heavy (non-hydrogen) atoms. The third-order valence-corrected chi connectivity index (χ3v) is 24.3. The van der Waals surface area contributed by atoms with E-state index in [0.29, 0.717) is 41.9 Å². The molecule has 1 N–H and O–H groups in total. The number of nitrogens with zero attached hydrogens (tertiary/aromatic N) is 1. The summed E-state index contributed by atoms with van der Waals surface area (Å²) in [6, 6.07) is 0. The van der Waals surface area contributed by atoms with E-state index in [-0.39, 0.29) is 22.3 Å². The van der Waals surface area contributed by atoms with Gasteiger partial charge in [-0.3, -0.25) is 0 Å². The Hall–Kier alpha value is -1.26. The topological polar surface area (TPSA) is 64.7 Å². The van der Waals surface area contributed by atoms with Gasteiger partial charge in [-0.15, -0.1) is 0 Å². The fourth-order valence-electron chi connectivity index (χ4n) is 9.62. The van der Waals surface area contributed by atoms with Crippen LogP contribution < -0.4 is 0 Å². The highest BCUT2D eigenvalue weighted by molar-refractivity contribution is 6.74. The van der Waals surface area contributed by atoms with Gasteiger partial charge in [0.1, 0.15) is 11.4 Å². The molecule has 5 nitrogen and oxygen atoms in total. The molecule has 300 valence electrons. The van der Waals surface area contributed by atoms with E-state index in [1.54, 1.807) is 5.57 Å². The highest BCUT2D eigenvalue weighted by Gasteiger charge is 2.54. The maximum absolute atomic E-state index is 10.7. The molecule has 0 bridgehead atoms. The molecule has 1 heterocycles. The summed E-state index contributed by atoms with van der Waals surface area (Å²) in [5, 5.41) is 10.7. The van der Waals surface area contributed by atoms with Crippen molar-refractivity contribution in [3.63, 3.8) is 0 Å². The molecule has 0 aromatic carbocycles. The number of fused-ring (bicyclic) bond motifs is 1. The third kappa shape index (κ3) is 9.32. The minimum absolute atomic E-state index is 0.0203. The number of aromatic nitrogens is 1. The molecular weight excluding hydrogens is 687 g/mol. The van der Waals surface area contributed by atoms with Crippen molar-refractivity contribution in [2.45, 2.75) is 206 Å². The van der Waals surface area contributed by atoms with E-state index in [4.69, 9.17) is 24.8 Å². The number of hydrogen-bond acceptors (Lipinski definition) is 5. The number of rotatable bonds is 14. The van der Waals surface area contributed by atoms with E-state index in [1.807, 2.05) is 6.20 Å². The molecule has 4 fully saturated rings. The molecule has 4 aliphatic carbocycles. The fraction of sp³-hybridized carbons (Fsp3) is 0.804. The van der Waals surface area contributed by atoms with Crippen molar-refractivity contribution in [1.29, 1.82) is 0 Å². The van der Waals surface area contributed by atoms with E-state index >= 15 is 0 Å². The molecule has 0 unspecified atom stereocenters. The van der Waals surface area contributed by atoms with Crippen LogP contribution in [0.5, 0.6) is 0 Å². The van der Waals surface area contributed by atoms with Crippen molar-refractivity contribution in [2.24, 2.45) is 29.1 Å². The molecule has 0 aliphatic heterocycles. The second-order valence-electron chi connectivity index (χ2n) is 21.4. The van der Waals surface area contributed by atoms with Gasteiger partial charge in [0, 0.05) is 19.3 Å². The van der Waals surface area contributed by atoms with Gasteiger partial charge in [-0.05, 0) is 141 Å². The van der Waals surface area contributed by atoms with Gasteiger partial charge >= 0.3 is 0 Å². The number of hydrogen-bond donors (Lipinski definition) is 1. The average Bonchev–Trinajstić information content (AvgIpc) is 3.68. The van der Waals surface area contributed by atoms with Crippen LogP contribution >= 0.6 is 0 Å². The largest absolute Gasteiger partial charge is 0.443 e. The number of aliphatic hydroxyl groups excluding tert-OH is 1. The van der Waals surface area contributed by atoms with Gasteiger partial charge in [0.15, 0.2) is 16.6 Å².